The normalized spacial score (nSPS) is 12.2. The van der Waals surface area contributed by atoms with Crippen molar-refractivity contribution in [3.05, 3.63) is 40.7 Å². The van der Waals surface area contributed by atoms with Crippen LogP contribution in [0.2, 0.25) is 5.02 Å². The Kier molecular flexibility index (Phi) is 6.88. The fraction of sp³-hybridized carbons (Fsp3) is 0.333. The highest BCUT2D eigenvalue weighted by atomic mass is 35.5. The summed E-state index contributed by atoms with van der Waals surface area (Å²) >= 11 is 5.62. The number of benzene rings is 1. The van der Waals surface area contributed by atoms with Crippen LogP contribution in [0.25, 0.3) is 6.08 Å². The second kappa shape index (κ2) is 8.42. The smallest absolute Gasteiger partial charge is 0.331 e. The molecule has 1 aromatic carbocycles. The molecular formula is C15H17ClFNO3. The maximum Gasteiger partial charge on any atom is 0.331 e. The molecule has 0 heterocycles. The maximum absolute atomic E-state index is 12.9. The van der Waals surface area contributed by atoms with Crippen molar-refractivity contribution in [1.29, 1.82) is 0 Å². The second-order valence-electron chi connectivity index (χ2n) is 4.49. The van der Waals surface area contributed by atoms with Gasteiger partial charge < -0.3 is 10.1 Å². The Morgan fingerprint density at radius 3 is 2.81 bits per heavy atom. The molecule has 1 N–H and O–H groups in total. The van der Waals surface area contributed by atoms with Gasteiger partial charge in [-0.1, -0.05) is 24.6 Å². The van der Waals surface area contributed by atoms with E-state index in [1.807, 2.05) is 13.8 Å². The van der Waals surface area contributed by atoms with Crippen molar-refractivity contribution in [2.24, 2.45) is 0 Å². The summed E-state index contributed by atoms with van der Waals surface area (Å²) < 4.78 is 17.7. The Hall–Kier alpha value is -1.88. The number of carbonyl (C=O) groups is 2. The van der Waals surface area contributed by atoms with Crippen LogP contribution in [0, 0.1) is 5.82 Å². The Bertz CT molecular complexity index is 546. The van der Waals surface area contributed by atoms with Gasteiger partial charge in [0.15, 0.2) is 6.61 Å². The molecule has 0 aliphatic rings. The minimum absolute atomic E-state index is 0.0292. The lowest BCUT2D eigenvalue weighted by molar-refractivity contribution is -0.144. The van der Waals surface area contributed by atoms with E-state index in [1.165, 1.54) is 24.3 Å². The number of hydrogen-bond donors (Lipinski definition) is 1. The third-order valence-electron chi connectivity index (χ3n) is 2.72. The number of hydrogen-bond acceptors (Lipinski definition) is 3. The van der Waals surface area contributed by atoms with E-state index >= 15 is 0 Å². The number of rotatable bonds is 6. The van der Waals surface area contributed by atoms with Gasteiger partial charge in [0.05, 0.1) is 5.02 Å². The molecule has 0 bridgehead atoms. The molecule has 0 aliphatic heterocycles. The van der Waals surface area contributed by atoms with Crippen molar-refractivity contribution in [1.82, 2.24) is 5.32 Å². The number of esters is 1. The first-order chi connectivity index (χ1) is 9.92. The summed E-state index contributed by atoms with van der Waals surface area (Å²) in [5.74, 6) is -1.54. The summed E-state index contributed by atoms with van der Waals surface area (Å²) in [7, 11) is 0. The molecule has 0 saturated carbocycles. The maximum atomic E-state index is 12.9. The van der Waals surface area contributed by atoms with E-state index in [0.717, 1.165) is 12.5 Å². The van der Waals surface area contributed by atoms with Gasteiger partial charge in [0.2, 0.25) is 0 Å². The Morgan fingerprint density at radius 1 is 1.48 bits per heavy atom. The zero-order valence-electron chi connectivity index (χ0n) is 11.9. The van der Waals surface area contributed by atoms with E-state index < -0.39 is 11.8 Å². The highest BCUT2D eigenvalue weighted by Gasteiger charge is 2.07. The summed E-state index contributed by atoms with van der Waals surface area (Å²) in [4.78, 5) is 22.8. The van der Waals surface area contributed by atoms with Crippen molar-refractivity contribution in [3.63, 3.8) is 0 Å². The van der Waals surface area contributed by atoms with E-state index in [2.05, 4.69) is 5.32 Å². The molecule has 0 saturated heterocycles. The van der Waals surface area contributed by atoms with Crippen LogP contribution in [0.4, 0.5) is 4.39 Å². The molecule has 0 fully saturated rings. The van der Waals surface area contributed by atoms with Crippen molar-refractivity contribution in [3.8, 4) is 0 Å². The number of carbonyl (C=O) groups excluding carboxylic acids is 2. The Morgan fingerprint density at radius 2 is 2.19 bits per heavy atom. The van der Waals surface area contributed by atoms with Gasteiger partial charge in [0.1, 0.15) is 5.82 Å². The first kappa shape index (κ1) is 17.2. The van der Waals surface area contributed by atoms with Gasteiger partial charge in [-0.3, -0.25) is 4.79 Å². The number of halogens is 2. The van der Waals surface area contributed by atoms with Crippen LogP contribution < -0.4 is 5.32 Å². The SMILES string of the molecule is CC[C@@H](C)NC(=O)COC(=O)/C=C/c1ccc(F)c(Cl)c1. The lowest BCUT2D eigenvalue weighted by atomic mass is 10.2. The van der Waals surface area contributed by atoms with Crippen LogP contribution in [-0.4, -0.2) is 24.5 Å². The topological polar surface area (TPSA) is 55.4 Å². The first-order valence-corrected chi connectivity index (χ1v) is 6.89. The molecular weight excluding hydrogens is 297 g/mol. The predicted octanol–water partition coefficient (Wildman–Crippen LogP) is 2.95. The molecule has 1 rings (SSSR count). The van der Waals surface area contributed by atoms with Crippen LogP contribution in [0.15, 0.2) is 24.3 Å². The molecule has 0 spiro atoms. The fourth-order valence-corrected chi connectivity index (χ4v) is 1.57. The molecule has 1 atom stereocenters. The molecule has 1 aromatic rings. The Balaban J connectivity index is 2.44. The molecule has 4 nitrogen and oxygen atoms in total. The van der Waals surface area contributed by atoms with Gasteiger partial charge in [-0.25, -0.2) is 9.18 Å². The van der Waals surface area contributed by atoms with Crippen molar-refractivity contribution >= 4 is 29.6 Å². The predicted molar refractivity (Wildman–Crippen MR) is 79.3 cm³/mol. The average molecular weight is 314 g/mol. The highest BCUT2D eigenvalue weighted by Crippen LogP contribution is 2.16. The molecule has 1 amide bonds. The van der Waals surface area contributed by atoms with Gasteiger partial charge >= 0.3 is 5.97 Å². The van der Waals surface area contributed by atoms with Crippen molar-refractivity contribution in [2.75, 3.05) is 6.61 Å². The molecule has 114 valence electrons. The van der Waals surface area contributed by atoms with E-state index in [0.29, 0.717) is 5.56 Å². The van der Waals surface area contributed by atoms with Gasteiger partial charge in [-0.05, 0) is 37.1 Å². The van der Waals surface area contributed by atoms with Gasteiger partial charge in [-0.2, -0.15) is 0 Å². The summed E-state index contributed by atoms with van der Waals surface area (Å²) in [5.41, 5.74) is 0.558. The standard InChI is InChI=1S/C15H17ClFNO3/c1-3-10(2)18-14(19)9-21-15(20)7-5-11-4-6-13(17)12(16)8-11/h4-8,10H,3,9H2,1-2H3,(H,18,19)/b7-5+/t10-/m1/s1. The first-order valence-electron chi connectivity index (χ1n) is 6.51. The Labute approximate surface area is 127 Å². The zero-order valence-corrected chi connectivity index (χ0v) is 12.6. The van der Waals surface area contributed by atoms with Gasteiger partial charge in [-0.15, -0.1) is 0 Å². The van der Waals surface area contributed by atoms with Gasteiger partial charge in [0.25, 0.3) is 5.91 Å². The zero-order chi connectivity index (χ0) is 15.8. The third-order valence-corrected chi connectivity index (χ3v) is 3.01. The lowest BCUT2D eigenvalue weighted by Crippen LogP contribution is -2.35. The molecule has 6 heteroatoms. The third kappa shape index (κ3) is 6.40. The van der Waals surface area contributed by atoms with Crippen LogP contribution >= 0.6 is 11.6 Å². The fourth-order valence-electron chi connectivity index (χ4n) is 1.38. The summed E-state index contributed by atoms with van der Waals surface area (Å²) in [6.07, 6.45) is 3.38. The average Bonchev–Trinajstić information content (AvgIpc) is 2.46. The summed E-state index contributed by atoms with van der Waals surface area (Å²) in [6.45, 7) is 3.46. The van der Waals surface area contributed by atoms with Crippen LogP contribution in [-0.2, 0) is 14.3 Å². The number of nitrogens with one attached hydrogen (secondary N) is 1. The van der Waals surface area contributed by atoms with E-state index in [4.69, 9.17) is 16.3 Å². The quantitative estimate of drug-likeness (QED) is 0.649. The van der Waals surface area contributed by atoms with Crippen LogP contribution in [0.5, 0.6) is 0 Å². The highest BCUT2D eigenvalue weighted by molar-refractivity contribution is 6.30. The van der Waals surface area contributed by atoms with Crippen molar-refractivity contribution < 1.29 is 18.7 Å². The van der Waals surface area contributed by atoms with Crippen molar-refractivity contribution in [2.45, 2.75) is 26.3 Å². The molecule has 0 radical (unpaired) electrons. The summed E-state index contributed by atoms with van der Waals surface area (Å²) in [5, 5.41) is 2.64. The number of amides is 1. The molecule has 21 heavy (non-hydrogen) atoms. The minimum Gasteiger partial charge on any atom is -0.452 e. The number of ether oxygens (including phenoxy) is 1. The largest absolute Gasteiger partial charge is 0.452 e. The minimum atomic E-state index is -0.658. The van der Waals surface area contributed by atoms with Crippen LogP contribution in [0.1, 0.15) is 25.8 Å². The summed E-state index contributed by atoms with van der Waals surface area (Å²) in [6, 6.07) is 4.09. The van der Waals surface area contributed by atoms with Gasteiger partial charge in [0, 0.05) is 12.1 Å². The van der Waals surface area contributed by atoms with E-state index in [9.17, 15) is 14.0 Å². The molecule has 0 aliphatic carbocycles. The van der Waals surface area contributed by atoms with Crippen LogP contribution in [0.3, 0.4) is 0 Å². The monoisotopic (exact) mass is 313 g/mol. The molecule has 0 unspecified atom stereocenters. The second-order valence-corrected chi connectivity index (χ2v) is 4.90. The van der Waals surface area contributed by atoms with E-state index in [1.54, 1.807) is 0 Å². The molecule has 0 aromatic heterocycles. The van der Waals surface area contributed by atoms with E-state index in [-0.39, 0.29) is 23.6 Å². The lowest BCUT2D eigenvalue weighted by Gasteiger charge is -2.10.